The first-order valence-corrected chi connectivity index (χ1v) is 12.4. The molecule has 0 fully saturated rings. The molecule has 4 rings (SSSR count). The zero-order valence-electron chi connectivity index (χ0n) is 21.9. The highest BCUT2D eigenvalue weighted by atomic mass is 19.4. The molecule has 0 aliphatic carbocycles. The summed E-state index contributed by atoms with van der Waals surface area (Å²) in [5.74, 6) is -6.21. The first-order chi connectivity index (χ1) is 20.1. The standard InChI is InChI=1S/C27H21F8N5O3/c1-2-20(27(33,34)35)38-13-10-17(28)21(18(29)11-13)24(41)39-19(25(42)43)12-14-5-6-15(23-37-8-9-40(14)23)22-16(26(30,31)32)4-3-7-36-22/h3-11,19-20,38H,2,12H2,1H3,(H,39,41)(H,42,43)/t19-,20+/m0/s1. The van der Waals surface area contributed by atoms with Gasteiger partial charge in [0.1, 0.15) is 34.9 Å². The van der Waals surface area contributed by atoms with E-state index in [1.807, 2.05) is 10.6 Å². The molecule has 0 radical (unpaired) electrons. The quantitative estimate of drug-likeness (QED) is 0.203. The van der Waals surface area contributed by atoms with E-state index < -0.39 is 83.3 Å². The van der Waals surface area contributed by atoms with E-state index in [1.54, 1.807) is 0 Å². The largest absolute Gasteiger partial charge is 0.480 e. The van der Waals surface area contributed by atoms with Crippen LogP contribution in [0.4, 0.5) is 40.8 Å². The molecule has 8 nitrogen and oxygen atoms in total. The second-order valence-corrected chi connectivity index (χ2v) is 9.29. The molecule has 0 saturated heterocycles. The summed E-state index contributed by atoms with van der Waals surface area (Å²) in [6.45, 7) is 1.20. The van der Waals surface area contributed by atoms with Crippen molar-refractivity contribution in [2.75, 3.05) is 5.32 Å². The number of carbonyl (C=O) groups excluding carboxylic acids is 1. The molecular weight excluding hydrogens is 594 g/mol. The molecule has 16 heteroatoms. The summed E-state index contributed by atoms with van der Waals surface area (Å²) >= 11 is 0. The average molecular weight is 615 g/mol. The Morgan fingerprint density at radius 1 is 1.00 bits per heavy atom. The van der Waals surface area contributed by atoms with Gasteiger partial charge in [-0.25, -0.2) is 18.6 Å². The number of hydrogen-bond acceptors (Lipinski definition) is 5. The second-order valence-electron chi connectivity index (χ2n) is 9.29. The monoisotopic (exact) mass is 615 g/mol. The number of halogens is 8. The number of benzene rings is 1. The van der Waals surface area contributed by atoms with Crippen LogP contribution in [0.5, 0.6) is 0 Å². The second kappa shape index (κ2) is 11.9. The summed E-state index contributed by atoms with van der Waals surface area (Å²) < 4.78 is 111. The van der Waals surface area contributed by atoms with Crippen molar-refractivity contribution in [1.29, 1.82) is 0 Å². The predicted octanol–water partition coefficient (Wildman–Crippen LogP) is 5.87. The van der Waals surface area contributed by atoms with E-state index >= 15 is 0 Å². The van der Waals surface area contributed by atoms with Gasteiger partial charge in [0, 0.05) is 42.0 Å². The Balaban J connectivity index is 1.61. The number of carboxylic acids is 1. The highest BCUT2D eigenvalue weighted by molar-refractivity contribution is 5.97. The average Bonchev–Trinajstić information content (AvgIpc) is 3.40. The first kappa shape index (κ1) is 31.2. The minimum atomic E-state index is -4.74. The highest BCUT2D eigenvalue weighted by Gasteiger charge is 2.39. The molecule has 228 valence electrons. The number of carbonyl (C=O) groups is 2. The molecule has 0 spiro atoms. The van der Waals surface area contributed by atoms with Crippen molar-refractivity contribution >= 4 is 23.2 Å². The van der Waals surface area contributed by atoms with Crippen LogP contribution < -0.4 is 10.6 Å². The van der Waals surface area contributed by atoms with Crippen LogP contribution in [0.25, 0.3) is 16.9 Å². The summed E-state index contributed by atoms with van der Waals surface area (Å²) in [7, 11) is 0. The lowest BCUT2D eigenvalue weighted by Gasteiger charge is -2.22. The smallest absolute Gasteiger partial charge is 0.418 e. The molecule has 43 heavy (non-hydrogen) atoms. The lowest BCUT2D eigenvalue weighted by molar-refractivity contribution is -0.143. The van der Waals surface area contributed by atoms with Gasteiger partial charge in [0.05, 0.1) is 11.3 Å². The third-order valence-electron chi connectivity index (χ3n) is 6.43. The Hall–Kier alpha value is -4.76. The molecule has 3 heterocycles. The highest BCUT2D eigenvalue weighted by Crippen LogP contribution is 2.37. The van der Waals surface area contributed by atoms with Crippen LogP contribution in [-0.4, -0.2) is 49.6 Å². The van der Waals surface area contributed by atoms with E-state index in [9.17, 15) is 49.8 Å². The first-order valence-electron chi connectivity index (χ1n) is 12.4. The fourth-order valence-electron chi connectivity index (χ4n) is 4.40. The minimum absolute atomic E-state index is 0.0124. The predicted molar refractivity (Wildman–Crippen MR) is 136 cm³/mol. The Morgan fingerprint density at radius 3 is 2.26 bits per heavy atom. The van der Waals surface area contributed by atoms with Crippen molar-refractivity contribution in [1.82, 2.24) is 19.7 Å². The van der Waals surface area contributed by atoms with Gasteiger partial charge >= 0.3 is 18.3 Å². The van der Waals surface area contributed by atoms with Crippen molar-refractivity contribution in [3.8, 4) is 11.3 Å². The van der Waals surface area contributed by atoms with Crippen LogP contribution in [0.2, 0.25) is 0 Å². The number of nitrogens with zero attached hydrogens (tertiary/aromatic N) is 3. The van der Waals surface area contributed by atoms with Gasteiger partial charge in [-0.1, -0.05) is 6.92 Å². The van der Waals surface area contributed by atoms with E-state index in [4.69, 9.17) is 0 Å². The number of pyridine rings is 2. The molecule has 3 aromatic heterocycles. The fraction of sp³-hybridized carbons (Fsp3) is 0.259. The summed E-state index contributed by atoms with van der Waals surface area (Å²) in [5, 5.41) is 13.6. The number of aromatic nitrogens is 3. The van der Waals surface area contributed by atoms with Crippen LogP contribution in [0.3, 0.4) is 0 Å². The number of aliphatic carboxylic acids is 1. The maximum Gasteiger partial charge on any atom is 0.418 e. The van der Waals surface area contributed by atoms with Gasteiger partial charge in [-0.2, -0.15) is 26.3 Å². The molecule has 0 aliphatic rings. The molecule has 4 aromatic rings. The number of fused-ring (bicyclic) bond motifs is 1. The zero-order chi connectivity index (χ0) is 31.7. The van der Waals surface area contributed by atoms with Crippen LogP contribution >= 0.6 is 0 Å². The van der Waals surface area contributed by atoms with Gasteiger partial charge in [-0.05, 0) is 42.8 Å². The number of rotatable bonds is 9. The SMILES string of the molecule is CC[C@@H](Nc1cc(F)c(C(=O)N[C@@H](Cc2ccc(-c3ncccc3C(F)(F)F)c3nccn23)C(=O)O)c(F)c1)C(F)(F)F. The van der Waals surface area contributed by atoms with Crippen LogP contribution in [0, 0.1) is 11.6 Å². The van der Waals surface area contributed by atoms with Gasteiger partial charge < -0.3 is 20.1 Å². The third kappa shape index (κ3) is 6.67. The zero-order valence-corrected chi connectivity index (χ0v) is 21.9. The maximum atomic E-state index is 14.7. The van der Waals surface area contributed by atoms with Crippen molar-refractivity contribution in [3.63, 3.8) is 0 Å². The summed E-state index contributed by atoms with van der Waals surface area (Å²) in [5.41, 5.74) is -3.16. The van der Waals surface area contributed by atoms with E-state index in [0.29, 0.717) is 12.1 Å². The third-order valence-corrected chi connectivity index (χ3v) is 6.43. The molecule has 0 unspecified atom stereocenters. The molecule has 0 saturated carbocycles. The van der Waals surface area contributed by atoms with Gasteiger partial charge in [0.15, 0.2) is 0 Å². The Kier molecular flexibility index (Phi) is 8.59. The van der Waals surface area contributed by atoms with Crippen molar-refractivity contribution in [2.45, 2.75) is 44.2 Å². The van der Waals surface area contributed by atoms with Crippen molar-refractivity contribution in [3.05, 3.63) is 83.4 Å². The van der Waals surface area contributed by atoms with E-state index in [-0.39, 0.29) is 16.9 Å². The maximum absolute atomic E-state index is 14.7. The number of hydrogen-bond donors (Lipinski definition) is 3. The molecule has 0 aliphatic heterocycles. The van der Waals surface area contributed by atoms with Crippen molar-refractivity contribution in [2.24, 2.45) is 0 Å². The lowest BCUT2D eigenvalue weighted by Crippen LogP contribution is -2.43. The molecule has 0 bridgehead atoms. The molecule has 2 atom stereocenters. The molecule has 3 N–H and O–H groups in total. The summed E-state index contributed by atoms with van der Waals surface area (Å²) in [4.78, 5) is 32.6. The van der Waals surface area contributed by atoms with Gasteiger partial charge in [0.25, 0.3) is 5.91 Å². The van der Waals surface area contributed by atoms with Gasteiger partial charge in [0.2, 0.25) is 0 Å². The van der Waals surface area contributed by atoms with Gasteiger partial charge in [-0.15, -0.1) is 0 Å². The minimum Gasteiger partial charge on any atom is -0.480 e. The molecular formula is C27H21F8N5O3. The van der Waals surface area contributed by atoms with Gasteiger partial charge in [-0.3, -0.25) is 9.78 Å². The number of nitrogens with one attached hydrogen (secondary N) is 2. The van der Waals surface area contributed by atoms with Crippen LogP contribution in [-0.2, 0) is 17.4 Å². The molecule has 1 amide bonds. The number of anilines is 1. The van der Waals surface area contributed by atoms with E-state index in [0.717, 1.165) is 18.3 Å². The Labute approximate surface area is 237 Å². The number of carboxylic acid groups (broad SMARTS) is 1. The lowest BCUT2D eigenvalue weighted by atomic mass is 10.0. The number of alkyl halides is 6. The van der Waals surface area contributed by atoms with Crippen LogP contribution in [0.1, 0.15) is 35.0 Å². The summed E-state index contributed by atoms with van der Waals surface area (Å²) in [6.07, 6.45) is -6.67. The summed E-state index contributed by atoms with van der Waals surface area (Å²) in [6, 6.07) is 1.52. The van der Waals surface area contributed by atoms with E-state index in [2.05, 4.69) is 9.97 Å². The fourth-order valence-corrected chi connectivity index (χ4v) is 4.40. The number of imidazole rings is 1. The normalized spacial score (nSPS) is 13.5. The van der Waals surface area contributed by atoms with Crippen molar-refractivity contribution < 1.29 is 49.8 Å². The Bertz CT molecular complexity index is 1650. The number of amides is 1. The van der Waals surface area contributed by atoms with Crippen LogP contribution in [0.15, 0.2) is 55.0 Å². The topological polar surface area (TPSA) is 109 Å². The van der Waals surface area contributed by atoms with E-state index in [1.165, 1.54) is 35.9 Å². The Morgan fingerprint density at radius 2 is 1.67 bits per heavy atom. The molecule has 1 aromatic carbocycles.